The van der Waals surface area contributed by atoms with Crippen LogP contribution in [0.5, 0.6) is 5.75 Å². The van der Waals surface area contributed by atoms with Crippen LogP contribution >= 0.6 is 0 Å². The quantitative estimate of drug-likeness (QED) is 0.782. The number of benzene rings is 1. The summed E-state index contributed by atoms with van der Waals surface area (Å²) in [7, 11) is 0. The van der Waals surface area contributed by atoms with Crippen LogP contribution in [-0.4, -0.2) is 30.3 Å². The average Bonchev–Trinajstić information content (AvgIpc) is 2.96. The number of ether oxygens (including phenoxy) is 1. The summed E-state index contributed by atoms with van der Waals surface area (Å²) in [6, 6.07) is 7.74. The van der Waals surface area contributed by atoms with Crippen LogP contribution in [0.1, 0.15) is 31.2 Å². The number of rotatable bonds is 6. The van der Waals surface area contributed by atoms with Crippen molar-refractivity contribution in [3.8, 4) is 5.75 Å². The molecule has 0 heterocycles. The molecule has 1 saturated carbocycles. The Morgan fingerprint density at radius 2 is 2.20 bits per heavy atom. The molecule has 0 atom stereocenters. The summed E-state index contributed by atoms with van der Waals surface area (Å²) in [6.45, 7) is 0.221. The first kappa shape index (κ1) is 14.6. The predicted molar refractivity (Wildman–Crippen MR) is 78.5 cm³/mol. The monoisotopic (exact) mass is 275 g/mol. The van der Waals surface area contributed by atoms with Crippen molar-refractivity contribution in [2.45, 2.75) is 31.8 Å². The Kier molecular flexibility index (Phi) is 5.62. The lowest BCUT2D eigenvalue weighted by atomic mass is 10.2. The third-order valence-corrected chi connectivity index (χ3v) is 3.30. The molecule has 20 heavy (non-hydrogen) atoms. The molecule has 1 fully saturated rings. The molecule has 4 heteroatoms. The zero-order valence-electron chi connectivity index (χ0n) is 11.5. The second-order valence-electron chi connectivity index (χ2n) is 4.94. The molecule has 0 unspecified atom stereocenters. The highest BCUT2D eigenvalue weighted by Crippen LogP contribution is 2.24. The van der Waals surface area contributed by atoms with E-state index in [0.29, 0.717) is 6.10 Å². The molecule has 4 nitrogen and oxygen atoms in total. The van der Waals surface area contributed by atoms with E-state index in [1.807, 2.05) is 24.3 Å². The Morgan fingerprint density at radius 1 is 1.40 bits per heavy atom. The fourth-order valence-electron chi connectivity index (χ4n) is 2.30. The summed E-state index contributed by atoms with van der Waals surface area (Å²) >= 11 is 0. The van der Waals surface area contributed by atoms with Crippen LogP contribution in [0, 0.1) is 0 Å². The lowest BCUT2D eigenvalue weighted by Crippen LogP contribution is -2.24. The van der Waals surface area contributed by atoms with Gasteiger partial charge in [0.2, 0.25) is 5.91 Å². The van der Waals surface area contributed by atoms with Gasteiger partial charge in [0, 0.05) is 12.6 Å². The van der Waals surface area contributed by atoms with Crippen molar-refractivity contribution in [2.24, 2.45) is 0 Å². The molecule has 1 amide bonds. The first-order valence-corrected chi connectivity index (χ1v) is 7.11. The molecule has 0 spiro atoms. The largest absolute Gasteiger partial charge is 0.490 e. The minimum absolute atomic E-state index is 0.0513. The van der Waals surface area contributed by atoms with Crippen molar-refractivity contribution in [2.75, 3.05) is 13.2 Å². The number of aliphatic hydroxyl groups excluding tert-OH is 1. The Hall–Kier alpha value is -1.81. The molecule has 1 aliphatic carbocycles. The maximum atomic E-state index is 11.4. The number of nitrogens with one attached hydrogen (secondary N) is 1. The van der Waals surface area contributed by atoms with E-state index < -0.39 is 0 Å². The van der Waals surface area contributed by atoms with E-state index in [1.54, 1.807) is 6.08 Å². The molecule has 0 saturated heterocycles. The second-order valence-corrected chi connectivity index (χ2v) is 4.94. The summed E-state index contributed by atoms with van der Waals surface area (Å²) in [4.78, 5) is 11.4. The molecule has 0 aliphatic heterocycles. The van der Waals surface area contributed by atoms with Gasteiger partial charge in [0.1, 0.15) is 5.75 Å². The number of hydrogen-bond acceptors (Lipinski definition) is 3. The summed E-state index contributed by atoms with van der Waals surface area (Å²) in [5.74, 6) is 0.649. The van der Waals surface area contributed by atoms with Crippen molar-refractivity contribution in [1.82, 2.24) is 5.32 Å². The number of amides is 1. The number of aliphatic hydroxyl groups is 1. The lowest BCUT2D eigenvalue weighted by molar-refractivity contribution is -0.116. The van der Waals surface area contributed by atoms with Gasteiger partial charge in [-0.1, -0.05) is 12.1 Å². The van der Waals surface area contributed by atoms with Crippen LogP contribution < -0.4 is 10.1 Å². The van der Waals surface area contributed by atoms with Crippen molar-refractivity contribution in [3.05, 3.63) is 35.9 Å². The fourth-order valence-corrected chi connectivity index (χ4v) is 2.30. The third-order valence-electron chi connectivity index (χ3n) is 3.30. The molecular weight excluding hydrogens is 254 g/mol. The highest BCUT2D eigenvalue weighted by Gasteiger charge is 2.16. The second kappa shape index (κ2) is 7.70. The van der Waals surface area contributed by atoms with Crippen molar-refractivity contribution < 1.29 is 14.6 Å². The van der Waals surface area contributed by atoms with Crippen LogP contribution in [-0.2, 0) is 4.79 Å². The van der Waals surface area contributed by atoms with Gasteiger partial charge in [0.25, 0.3) is 0 Å². The van der Waals surface area contributed by atoms with Crippen LogP contribution in [0.2, 0.25) is 0 Å². The molecular formula is C16H21NO3. The summed E-state index contributed by atoms with van der Waals surface area (Å²) < 4.78 is 5.92. The van der Waals surface area contributed by atoms with E-state index in [9.17, 15) is 4.79 Å². The van der Waals surface area contributed by atoms with Crippen LogP contribution in [0.4, 0.5) is 0 Å². The average molecular weight is 275 g/mol. The van der Waals surface area contributed by atoms with E-state index in [0.717, 1.165) is 24.2 Å². The summed E-state index contributed by atoms with van der Waals surface area (Å²) in [5, 5.41) is 11.2. The van der Waals surface area contributed by atoms with Crippen molar-refractivity contribution in [3.63, 3.8) is 0 Å². The first-order valence-electron chi connectivity index (χ1n) is 7.11. The Balaban J connectivity index is 1.91. The standard InChI is InChI=1S/C16H21NO3/c18-11-10-17-16(19)9-8-13-4-3-7-15(12-13)20-14-5-1-2-6-14/h3-4,7-9,12,14,18H,1-2,5-6,10-11H2,(H,17,19)/b9-8+. The van der Waals surface area contributed by atoms with E-state index in [1.165, 1.54) is 18.9 Å². The summed E-state index contributed by atoms with van der Waals surface area (Å²) in [6.07, 6.45) is 8.29. The topological polar surface area (TPSA) is 58.6 Å². The number of hydrogen-bond donors (Lipinski definition) is 2. The van der Waals surface area contributed by atoms with Crippen molar-refractivity contribution in [1.29, 1.82) is 0 Å². The van der Waals surface area contributed by atoms with Crippen molar-refractivity contribution >= 4 is 12.0 Å². The van der Waals surface area contributed by atoms with Gasteiger partial charge < -0.3 is 15.2 Å². The molecule has 1 aliphatic rings. The molecule has 2 N–H and O–H groups in total. The molecule has 2 rings (SSSR count). The molecule has 0 radical (unpaired) electrons. The van der Waals surface area contributed by atoms with Crippen LogP contribution in [0.3, 0.4) is 0 Å². The zero-order chi connectivity index (χ0) is 14.2. The molecule has 108 valence electrons. The molecule has 1 aromatic rings. The van der Waals surface area contributed by atoms with Crippen LogP contribution in [0.25, 0.3) is 6.08 Å². The smallest absolute Gasteiger partial charge is 0.244 e. The van der Waals surface area contributed by atoms with Gasteiger partial charge in [0.05, 0.1) is 12.7 Å². The highest BCUT2D eigenvalue weighted by atomic mass is 16.5. The van der Waals surface area contributed by atoms with Gasteiger partial charge >= 0.3 is 0 Å². The van der Waals surface area contributed by atoms with Gasteiger partial charge in [0.15, 0.2) is 0 Å². The van der Waals surface area contributed by atoms with Crippen LogP contribution in [0.15, 0.2) is 30.3 Å². The van der Waals surface area contributed by atoms with E-state index in [-0.39, 0.29) is 19.1 Å². The SMILES string of the molecule is O=C(/C=C/c1cccc(OC2CCCC2)c1)NCCO. The Labute approximate surface area is 119 Å². The predicted octanol–water partition coefficient (Wildman–Crippen LogP) is 2.13. The molecule has 1 aromatic carbocycles. The van der Waals surface area contributed by atoms with E-state index in [4.69, 9.17) is 9.84 Å². The normalized spacial score (nSPS) is 15.7. The first-order chi connectivity index (χ1) is 9.78. The number of carbonyl (C=O) groups excluding carboxylic acids is 1. The minimum atomic E-state index is -0.207. The zero-order valence-corrected chi connectivity index (χ0v) is 11.5. The number of carbonyl (C=O) groups is 1. The fraction of sp³-hybridized carbons (Fsp3) is 0.438. The summed E-state index contributed by atoms with van der Waals surface area (Å²) in [5.41, 5.74) is 0.930. The van der Waals surface area contributed by atoms with Gasteiger partial charge in [-0.15, -0.1) is 0 Å². The highest BCUT2D eigenvalue weighted by molar-refractivity contribution is 5.91. The van der Waals surface area contributed by atoms with E-state index >= 15 is 0 Å². The Morgan fingerprint density at radius 3 is 2.95 bits per heavy atom. The lowest BCUT2D eigenvalue weighted by Gasteiger charge is -2.13. The van der Waals surface area contributed by atoms with Gasteiger partial charge in [-0.05, 0) is 49.5 Å². The van der Waals surface area contributed by atoms with Gasteiger partial charge in [-0.2, -0.15) is 0 Å². The minimum Gasteiger partial charge on any atom is -0.490 e. The van der Waals surface area contributed by atoms with Gasteiger partial charge in [-0.3, -0.25) is 4.79 Å². The van der Waals surface area contributed by atoms with E-state index in [2.05, 4.69) is 5.32 Å². The van der Waals surface area contributed by atoms with Gasteiger partial charge in [-0.25, -0.2) is 0 Å². The maximum Gasteiger partial charge on any atom is 0.244 e. The third kappa shape index (κ3) is 4.70. The molecule has 0 bridgehead atoms. The molecule has 0 aromatic heterocycles. The maximum absolute atomic E-state index is 11.4. The Bertz CT molecular complexity index is 465.